The summed E-state index contributed by atoms with van der Waals surface area (Å²) in [6, 6.07) is 2.41. The van der Waals surface area contributed by atoms with E-state index in [1.807, 2.05) is 13.0 Å². The Hall–Kier alpha value is -0.830. The van der Waals surface area contributed by atoms with Crippen molar-refractivity contribution in [2.45, 2.75) is 31.9 Å². The average molecular weight is 258 g/mol. The summed E-state index contributed by atoms with van der Waals surface area (Å²) in [5.74, 6) is 0. The van der Waals surface area contributed by atoms with E-state index < -0.39 is 0 Å². The molecule has 0 saturated heterocycles. The zero-order valence-electron chi connectivity index (χ0n) is 8.86. The van der Waals surface area contributed by atoms with Gasteiger partial charge >= 0.3 is 0 Å². The first kappa shape index (κ1) is 11.6. The highest BCUT2D eigenvalue weighted by atomic mass is 35.5. The Kier molecular flexibility index (Phi) is 3.64. The van der Waals surface area contributed by atoms with Crippen molar-refractivity contribution in [3.63, 3.8) is 0 Å². The molecule has 6 heteroatoms. The molecule has 0 unspecified atom stereocenters. The number of rotatable bonds is 4. The molecule has 0 spiro atoms. The van der Waals surface area contributed by atoms with E-state index in [1.165, 1.54) is 11.3 Å². The highest BCUT2D eigenvalue weighted by molar-refractivity contribution is 7.16. The third-order valence-corrected chi connectivity index (χ3v) is 3.79. The molecule has 1 fully saturated rings. The Morgan fingerprint density at radius 3 is 3.00 bits per heavy atom. The number of halogens is 1. The Morgan fingerprint density at radius 1 is 1.69 bits per heavy atom. The molecule has 0 amide bonds. The molecule has 0 bridgehead atoms. The van der Waals surface area contributed by atoms with Crippen LogP contribution in [0.4, 0.5) is 5.13 Å². The number of hydrogen-bond donors (Lipinski definition) is 1. The van der Waals surface area contributed by atoms with Crippen LogP contribution in [0.3, 0.4) is 0 Å². The van der Waals surface area contributed by atoms with E-state index in [2.05, 4.69) is 10.3 Å². The Labute approximate surface area is 103 Å². The molecule has 0 aromatic carbocycles. The van der Waals surface area contributed by atoms with Gasteiger partial charge in [0, 0.05) is 12.6 Å². The standard InChI is InChI=1S/C10H12ClN3OS/c1-2-15-7-3-6(4-7)13-10-14-9(11)8(5-12)16-10/h6-7H,2-4H2,1H3,(H,13,14). The lowest BCUT2D eigenvalue weighted by Crippen LogP contribution is -2.40. The second kappa shape index (κ2) is 5.00. The van der Waals surface area contributed by atoms with Crippen molar-refractivity contribution in [3.05, 3.63) is 10.0 Å². The summed E-state index contributed by atoms with van der Waals surface area (Å²) in [5, 5.41) is 13.0. The first-order valence-electron chi connectivity index (χ1n) is 5.17. The summed E-state index contributed by atoms with van der Waals surface area (Å²) < 4.78 is 5.46. The molecule has 1 aliphatic carbocycles. The Morgan fingerprint density at radius 2 is 2.44 bits per heavy atom. The molecule has 2 rings (SSSR count). The summed E-state index contributed by atoms with van der Waals surface area (Å²) in [6.45, 7) is 2.76. The van der Waals surface area contributed by atoms with Gasteiger partial charge in [-0.15, -0.1) is 0 Å². The van der Waals surface area contributed by atoms with Crippen molar-refractivity contribution >= 4 is 28.1 Å². The van der Waals surface area contributed by atoms with Gasteiger partial charge in [-0.3, -0.25) is 0 Å². The van der Waals surface area contributed by atoms with E-state index >= 15 is 0 Å². The molecule has 1 N–H and O–H groups in total. The lowest BCUT2D eigenvalue weighted by Gasteiger charge is -2.35. The van der Waals surface area contributed by atoms with Gasteiger partial charge in [0.15, 0.2) is 10.3 Å². The third kappa shape index (κ3) is 2.46. The predicted molar refractivity (Wildman–Crippen MR) is 63.9 cm³/mol. The predicted octanol–water partition coefficient (Wildman–Crippen LogP) is 2.65. The molecule has 0 aliphatic heterocycles. The maximum Gasteiger partial charge on any atom is 0.185 e. The Balaban J connectivity index is 1.85. The monoisotopic (exact) mass is 257 g/mol. The minimum absolute atomic E-state index is 0.288. The smallest absolute Gasteiger partial charge is 0.185 e. The summed E-state index contributed by atoms with van der Waals surface area (Å²) in [4.78, 5) is 4.55. The maximum absolute atomic E-state index is 8.74. The number of aromatic nitrogens is 1. The summed E-state index contributed by atoms with van der Waals surface area (Å²) in [6.07, 6.45) is 2.35. The number of anilines is 1. The molecule has 16 heavy (non-hydrogen) atoms. The van der Waals surface area contributed by atoms with Crippen LogP contribution in [0.15, 0.2) is 0 Å². The molecule has 86 valence electrons. The van der Waals surface area contributed by atoms with Gasteiger partial charge in [0.25, 0.3) is 0 Å². The average Bonchev–Trinajstić information content (AvgIpc) is 2.56. The lowest BCUT2D eigenvalue weighted by atomic mass is 9.89. The lowest BCUT2D eigenvalue weighted by molar-refractivity contribution is 0.00299. The first-order valence-corrected chi connectivity index (χ1v) is 6.37. The molecule has 0 radical (unpaired) electrons. The maximum atomic E-state index is 8.74. The number of hydrogen-bond acceptors (Lipinski definition) is 5. The minimum Gasteiger partial charge on any atom is -0.378 e. The fourth-order valence-corrected chi connectivity index (χ4v) is 2.69. The molecule has 1 aromatic heterocycles. The topological polar surface area (TPSA) is 57.9 Å². The number of nitriles is 1. The van der Waals surface area contributed by atoms with Crippen molar-refractivity contribution < 1.29 is 4.74 Å². The molecule has 4 nitrogen and oxygen atoms in total. The quantitative estimate of drug-likeness (QED) is 0.901. The van der Waals surface area contributed by atoms with Gasteiger partial charge in [-0.2, -0.15) is 5.26 Å². The van der Waals surface area contributed by atoms with Crippen molar-refractivity contribution in [1.82, 2.24) is 4.98 Å². The number of ether oxygens (including phenoxy) is 1. The van der Waals surface area contributed by atoms with Crippen LogP contribution in [0.1, 0.15) is 24.6 Å². The van der Waals surface area contributed by atoms with Gasteiger partial charge in [0.1, 0.15) is 10.9 Å². The van der Waals surface area contributed by atoms with E-state index in [-0.39, 0.29) is 5.15 Å². The molecule has 1 heterocycles. The molecular formula is C10H12ClN3OS. The van der Waals surface area contributed by atoms with Gasteiger partial charge in [0.05, 0.1) is 6.10 Å². The van der Waals surface area contributed by atoms with Crippen molar-refractivity contribution in [2.75, 3.05) is 11.9 Å². The van der Waals surface area contributed by atoms with Crippen LogP contribution in [0.5, 0.6) is 0 Å². The fourth-order valence-electron chi connectivity index (χ4n) is 1.66. The van der Waals surface area contributed by atoms with Crippen LogP contribution < -0.4 is 5.32 Å². The van der Waals surface area contributed by atoms with Crippen LogP contribution >= 0.6 is 22.9 Å². The third-order valence-electron chi connectivity index (χ3n) is 2.51. The zero-order valence-corrected chi connectivity index (χ0v) is 10.4. The largest absolute Gasteiger partial charge is 0.378 e. The van der Waals surface area contributed by atoms with Gasteiger partial charge in [0.2, 0.25) is 0 Å². The number of thiazole rings is 1. The van der Waals surface area contributed by atoms with Gasteiger partial charge in [-0.05, 0) is 19.8 Å². The minimum atomic E-state index is 0.288. The van der Waals surface area contributed by atoms with E-state index in [1.54, 1.807) is 0 Å². The van der Waals surface area contributed by atoms with E-state index in [0.29, 0.717) is 17.0 Å². The van der Waals surface area contributed by atoms with Crippen molar-refractivity contribution in [2.24, 2.45) is 0 Å². The summed E-state index contributed by atoms with van der Waals surface area (Å²) in [5.41, 5.74) is 0. The first-order chi connectivity index (χ1) is 7.72. The van der Waals surface area contributed by atoms with Crippen LogP contribution in [0, 0.1) is 11.3 Å². The van der Waals surface area contributed by atoms with Crippen LogP contribution in [-0.2, 0) is 4.74 Å². The summed E-state index contributed by atoms with van der Waals surface area (Å²) in [7, 11) is 0. The van der Waals surface area contributed by atoms with Crippen LogP contribution in [0.25, 0.3) is 0 Å². The van der Waals surface area contributed by atoms with Crippen LogP contribution in [-0.4, -0.2) is 23.7 Å². The number of nitrogens with one attached hydrogen (secondary N) is 1. The van der Waals surface area contributed by atoms with E-state index in [9.17, 15) is 0 Å². The van der Waals surface area contributed by atoms with E-state index in [0.717, 1.165) is 24.6 Å². The second-order valence-corrected chi connectivity index (χ2v) is 5.00. The number of nitrogens with zero attached hydrogens (tertiary/aromatic N) is 2. The summed E-state index contributed by atoms with van der Waals surface area (Å²) >= 11 is 7.08. The van der Waals surface area contributed by atoms with Crippen molar-refractivity contribution in [3.8, 4) is 6.07 Å². The molecule has 1 saturated carbocycles. The van der Waals surface area contributed by atoms with E-state index in [4.69, 9.17) is 21.6 Å². The van der Waals surface area contributed by atoms with Crippen molar-refractivity contribution in [1.29, 1.82) is 5.26 Å². The van der Waals surface area contributed by atoms with Gasteiger partial charge in [-0.1, -0.05) is 22.9 Å². The molecule has 0 atom stereocenters. The van der Waals surface area contributed by atoms with Crippen LogP contribution in [0.2, 0.25) is 5.15 Å². The SMILES string of the molecule is CCOC1CC(Nc2nc(Cl)c(C#N)s2)C1. The zero-order chi connectivity index (χ0) is 11.5. The highest BCUT2D eigenvalue weighted by Crippen LogP contribution is 2.31. The Bertz CT molecular complexity index is 409. The van der Waals surface area contributed by atoms with Gasteiger partial charge < -0.3 is 10.1 Å². The second-order valence-electron chi connectivity index (χ2n) is 3.64. The van der Waals surface area contributed by atoms with Gasteiger partial charge in [-0.25, -0.2) is 4.98 Å². The highest BCUT2D eigenvalue weighted by Gasteiger charge is 2.30. The molecule has 1 aliphatic rings. The molecule has 1 aromatic rings. The molecular weight excluding hydrogens is 246 g/mol. The fraction of sp³-hybridized carbons (Fsp3) is 0.600. The normalized spacial score (nSPS) is 23.6.